The topological polar surface area (TPSA) is 41.9 Å². The molecule has 1 unspecified atom stereocenters. The fourth-order valence-corrected chi connectivity index (χ4v) is 2.00. The molecule has 0 saturated heterocycles. The van der Waals surface area contributed by atoms with Crippen LogP contribution in [0.5, 0.6) is 0 Å². The van der Waals surface area contributed by atoms with E-state index in [1.807, 2.05) is 25.5 Å². The molecule has 4 heteroatoms. The van der Waals surface area contributed by atoms with Gasteiger partial charge in [0.25, 0.3) is 0 Å². The zero-order valence-corrected chi connectivity index (χ0v) is 10.5. The Labute approximate surface area is 102 Å². The van der Waals surface area contributed by atoms with Crippen molar-refractivity contribution in [3.05, 3.63) is 30.6 Å². The van der Waals surface area contributed by atoms with E-state index < -0.39 is 0 Å². The molecule has 0 spiro atoms. The average Bonchev–Trinajstić information content (AvgIpc) is 2.73. The molecule has 2 aromatic rings. The SMILES string of the molecule is CNCC(C)NCCn1cnc2ccccc21. The van der Waals surface area contributed by atoms with E-state index in [0.717, 1.165) is 25.2 Å². The second kappa shape index (κ2) is 5.80. The predicted molar refractivity (Wildman–Crippen MR) is 71.1 cm³/mol. The number of likely N-dealkylation sites (N-methyl/N-ethyl adjacent to an activating group) is 1. The van der Waals surface area contributed by atoms with Gasteiger partial charge in [-0.15, -0.1) is 0 Å². The monoisotopic (exact) mass is 232 g/mol. The Kier molecular flexibility index (Phi) is 4.12. The maximum absolute atomic E-state index is 4.38. The van der Waals surface area contributed by atoms with Gasteiger partial charge in [-0.2, -0.15) is 0 Å². The summed E-state index contributed by atoms with van der Waals surface area (Å²) in [5.41, 5.74) is 2.27. The minimum Gasteiger partial charge on any atom is -0.329 e. The van der Waals surface area contributed by atoms with Crippen molar-refractivity contribution in [1.82, 2.24) is 20.2 Å². The smallest absolute Gasteiger partial charge is 0.0958 e. The molecule has 0 amide bonds. The molecule has 1 aromatic heterocycles. The third-order valence-electron chi connectivity index (χ3n) is 2.88. The number of imidazole rings is 1. The second-order valence-corrected chi connectivity index (χ2v) is 4.34. The molecule has 0 aliphatic heterocycles. The van der Waals surface area contributed by atoms with Gasteiger partial charge in [-0.25, -0.2) is 4.98 Å². The van der Waals surface area contributed by atoms with Gasteiger partial charge in [0.1, 0.15) is 0 Å². The summed E-state index contributed by atoms with van der Waals surface area (Å²) in [6, 6.07) is 8.72. The Morgan fingerprint density at radius 1 is 1.35 bits per heavy atom. The molecule has 17 heavy (non-hydrogen) atoms. The molecular weight excluding hydrogens is 212 g/mol. The molecule has 2 N–H and O–H groups in total. The van der Waals surface area contributed by atoms with Crippen LogP contribution in [0.2, 0.25) is 0 Å². The van der Waals surface area contributed by atoms with E-state index in [-0.39, 0.29) is 0 Å². The van der Waals surface area contributed by atoms with Crippen LogP contribution >= 0.6 is 0 Å². The zero-order valence-electron chi connectivity index (χ0n) is 10.5. The molecule has 4 nitrogen and oxygen atoms in total. The van der Waals surface area contributed by atoms with Gasteiger partial charge >= 0.3 is 0 Å². The number of para-hydroxylation sites is 2. The van der Waals surface area contributed by atoms with Crippen LogP contribution in [0.1, 0.15) is 6.92 Å². The lowest BCUT2D eigenvalue weighted by Gasteiger charge is -2.13. The molecule has 1 atom stereocenters. The summed E-state index contributed by atoms with van der Waals surface area (Å²) in [5.74, 6) is 0. The summed E-state index contributed by atoms with van der Waals surface area (Å²) in [6.45, 7) is 5.09. The van der Waals surface area contributed by atoms with E-state index >= 15 is 0 Å². The number of fused-ring (bicyclic) bond motifs is 1. The number of rotatable bonds is 6. The van der Waals surface area contributed by atoms with Gasteiger partial charge in [0.15, 0.2) is 0 Å². The maximum atomic E-state index is 4.38. The van der Waals surface area contributed by atoms with Gasteiger partial charge in [-0.3, -0.25) is 0 Å². The summed E-state index contributed by atoms with van der Waals surface area (Å²) < 4.78 is 2.19. The molecule has 0 radical (unpaired) electrons. The molecule has 92 valence electrons. The third-order valence-corrected chi connectivity index (χ3v) is 2.88. The Balaban J connectivity index is 1.91. The first-order valence-corrected chi connectivity index (χ1v) is 6.09. The fraction of sp³-hybridized carbons (Fsp3) is 0.462. The minimum absolute atomic E-state index is 0.495. The number of hydrogen-bond acceptors (Lipinski definition) is 3. The first kappa shape index (κ1) is 12.1. The largest absolute Gasteiger partial charge is 0.329 e. The van der Waals surface area contributed by atoms with Gasteiger partial charge in [0.05, 0.1) is 17.4 Å². The van der Waals surface area contributed by atoms with Gasteiger partial charge < -0.3 is 15.2 Å². The summed E-state index contributed by atoms with van der Waals surface area (Å²) >= 11 is 0. The summed E-state index contributed by atoms with van der Waals surface area (Å²) in [4.78, 5) is 4.38. The summed E-state index contributed by atoms with van der Waals surface area (Å²) in [7, 11) is 1.97. The van der Waals surface area contributed by atoms with E-state index in [4.69, 9.17) is 0 Å². The first-order valence-electron chi connectivity index (χ1n) is 6.09. The molecular formula is C13H20N4. The van der Waals surface area contributed by atoms with E-state index in [0.29, 0.717) is 6.04 Å². The molecule has 0 bridgehead atoms. The van der Waals surface area contributed by atoms with Crippen molar-refractivity contribution in [1.29, 1.82) is 0 Å². The number of benzene rings is 1. The first-order chi connectivity index (χ1) is 8.31. The van der Waals surface area contributed by atoms with Gasteiger partial charge in [0.2, 0.25) is 0 Å². The average molecular weight is 232 g/mol. The van der Waals surface area contributed by atoms with Crippen molar-refractivity contribution in [2.45, 2.75) is 19.5 Å². The van der Waals surface area contributed by atoms with Crippen molar-refractivity contribution in [2.75, 3.05) is 20.1 Å². The van der Waals surface area contributed by atoms with E-state index in [2.05, 4.69) is 39.2 Å². The molecule has 2 rings (SSSR count). The molecule has 0 aliphatic rings. The van der Waals surface area contributed by atoms with E-state index in [1.54, 1.807) is 0 Å². The van der Waals surface area contributed by atoms with Crippen LogP contribution in [0.3, 0.4) is 0 Å². The van der Waals surface area contributed by atoms with Crippen molar-refractivity contribution < 1.29 is 0 Å². The van der Waals surface area contributed by atoms with Crippen molar-refractivity contribution in [3.63, 3.8) is 0 Å². The fourth-order valence-electron chi connectivity index (χ4n) is 2.00. The molecule has 1 aromatic carbocycles. The Hall–Kier alpha value is -1.39. The lowest BCUT2D eigenvalue weighted by molar-refractivity contribution is 0.501. The van der Waals surface area contributed by atoms with E-state index in [9.17, 15) is 0 Å². The van der Waals surface area contributed by atoms with Crippen LogP contribution in [0.15, 0.2) is 30.6 Å². The molecule has 0 fully saturated rings. The third kappa shape index (κ3) is 3.05. The number of hydrogen-bond donors (Lipinski definition) is 2. The Morgan fingerprint density at radius 2 is 2.18 bits per heavy atom. The highest BCUT2D eigenvalue weighted by atomic mass is 15.1. The van der Waals surface area contributed by atoms with Gasteiger partial charge in [0, 0.05) is 25.7 Å². The number of aromatic nitrogens is 2. The lowest BCUT2D eigenvalue weighted by atomic mass is 10.3. The summed E-state index contributed by atoms with van der Waals surface area (Å²) in [6.07, 6.45) is 1.91. The highest BCUT2D eigenvalue weighted by molar-refractivity contribution is 5.74. The highest BCUT2D eigenvalue weighted by Gasteiger charge is 2.02. The van der Waals surface area contributed by atoms with Crippen LogP contribution in [-0.4, -0.2) is 35.7 Å². The number of nitrogens with zero attached hydrogens (tertiary/aromatic N) is 2. The van der Waals surface area contributed by atoms with Crippen molar-refractivity contribution >= 4 is 11.0 Å². The van der Waals surface area contributed by atoms with Crippen molar-refractivity contribution in [2.24, 2.45) is 0 Å². The Bertz CT molecular complexity index is 463. The maximum Gasteiger partial charge on any atom is 0.0958 e. The zero-order chi connectivity index (χ0) is 12.1. The number of nitrogens with one attached hydrogen (secondary N) is 2. The van der Waals surface area contributed by atoms with Crippen LogP contribution in [0.25, 0.3) is 11.0 Å². The van der Waals surface area contributed by atoms with E-state index in [1.165, 1.54) is 5.52 Å². The van der Waals surface area contributed by atoms with Crippen LogP contribution in [0.4, 0.5) is 0 Å². The van der Waals surface area contributed by atoms with Gasteiger partial charge in [-0.05, 0) is 26.1 Å². The standard InChI is InChI=1S/C13H20N4/c1-11(9-14-2)15-7-8-17-10-16-12-5-3-4-6-13(12)17/h3-6,10-11,14-15H,7-9H2,1-2H3. The predicted octanol–water partition coefficient (Wildman–Crippen LogP) is 1.23. The van der Waals surface area contributed by atoms with Crippen LogP contribution < -0.4 is 10.6 Å². The normalized spacial score (nSPS) is 13.1. The quantitative estimate of drug-likeness (QED) is 0.787. The highest BCUT2D eigenvalue weighted by Crippen LogP contribution is 2.10. The van der Waals surface area contributed by atoms with Crippen LogP contribution in [-0.2, 0) is 6.54 Å². The molecule has 0 saturated carbocycles. The Morgan fingerprint density at radius 3 is 3.00 bits per heavy atom. The lowest BCUT2D eigenvalue weighted by Crippen LogP contribution is -2.36. The molecule has 1 heterocycles. The van der Waals surface area contributed by atoms with Crippen LogP contribution in [0, 0.1) is 0 Å². The summed E-state index contributed by atoms with van der Waals surface area (Å²) in [5, 5.41) is 6.63. The molecule has 0 aliphatic carbocycles. The van der Waals surface area contributed by atoms with Gasteiger partial charge in [-0.1, -0.05) is 12.1 Å². The minimum atomic E-state index is 0.495. The van der Waals surface area contributed by atoms with Crippen molar-refractivity contribution in [3.8, 4) is 0 Å². The second-order valence-electron chi connectivity index (χ2n) is 4.34.